The van der Waals surface area contributed by atoms with Gasteiger partial charge in [-0.1, -0.05) is 5.16 Å². The lowest BCUT2D eigenvalue weighted by Crippen LogP contribution is -2.71. The molecule has 2 aliphatic heterocycles. The number of carbonyl (C=O) groups is 6. The average molecular weight is 650 g/mol. The number of carboxylic acids is 3. The number of aliphatic carboxylic acids is 3. The number of β-lactam (4-membered cyclic amide) rings is 1. The molecule has 3 amide bonds. The van der Waals surface area contributed by atoms with E-state index >= 15 is 0 Å². The molecule has 2 atom stereocenters. The van der Waals surface area contributed by atoms with E-state index in [4.69, 9.17) is 16.3 Å². The molecule has 18 nitrogen and oxygen atoms in total. The molecular formula is C24H25N8O10S2+. The number of amides is 3. The maximum Gasteiger partial charge on any atom is 0.352 e. The van der Waals surface area contributed by atoms with Crippen LogP contribution in [-0.4, -0.2) is 93.7 Å². The van der Waals surface area contributed by atoms with E-state index in [1.807, 2.05) is 0 Å². The second-order valence-electron chi connectivity index (χ2n) is 9.91. The molecule has 0 aliphatic carbocycles. The van der Waals surface area contributed by atoms with Gasteiger partial charge in [0, 0.05) is 34.5 Å². The summed E-state index contributed by atoms with van der Waals surface area (Å²) in [6.07, 6.45) is 2.30. The second kappa shape index (κ2) is 12.2. The average Bonchev–Trinajstić information content (AvgIpc) is 3.36. The standard InChI is InChI=1S/C24H24N8O10S2/c1-24(2,22(40)41)42-29-13(17-28-23(26)44-30-17)18(36)27-14-19(37)32-15(21(38)39)10(8-43-20(14)32)7-31-4-3-11(16(25)35)9(6-31)5-12(33)34/h3-4,6,14,20H,5,7-8H2,1-2H3,(H7-,25,26,27,28,30,33,34,35,36,38,39,40,41)/p+1/b29-13-/t14-,20-/m1/s1. The molecule has 0 bridgehead atoms. The molecule has 8 N–H and O–H groups in total. The van der Waals surface area contributed by atoms with Crippen LogP contribution in [0.4, 0.5) is 5.13 Å². The minimum absolute atomic E-state index is 0.000968. The fraction of sp³-hybridized carbons (Fsp3) is 0.333. The number of anilines is 1. The topological polar surface area (TPSA) is 282 Å². The van der Waals surface area contributed by atoms with Crippen molar-refractivity contribution in [3.8, 4) is 0 Å². The summed E-state index contributed by atoms with van der Waals surface area (Å²) in [5.41, 5.74) is 8.67. The third-order valence-corrected chi connectivity index (χ3v) is 8.25. The molecule has 0 unspecified atom stereocenters. The summed E-state index contributed by atoms with van der Waals surface area (Å²) in [4.78, 5) is 83.0. The molecule has 20 heteroatoms. The predicted molar refractivity (Wildman–Crippen MR) is 150 cm³/mol. The first kappa shape index (κ1) is 31.8. The van der Waals surface area contributed by atoms with Crippen LogP contribution in [0.3, 0.4) is 0 Å². The number of thioether (sulfide) groups is 1. The Morgan fingerprint density at radius 3 is 2.52 bits per heavy atom. The number of rotatable bonds is 12. The smallest absolute Gasteiger partial charge is 0.352 e. The number of aromatic nitrogens is 3. The van der Waals surface area contributed by atoms with Crippen molar-refractivity contribution in [2.24, 2.45) is 10.9 Å². The van der Waals surface area contributed by atoms with Gasteiger partial charge in [-0.25, -0.2) is 14.2 Å². The number of primary amides is 1. The van der Waals surface area contributed by atoms with Gasteiger partial charge in [0.25, 0.3) is 11.8 Å². The minimum Gasteiger partial charge on any atom is -0.481 e. The first-order chi connectivity index (χ1) is 20.6. The Hall–Kier alpha value is -5.11. The van der Waals surface area contributed by atoms with E-state index in [0.717, 1.165) is 28.2 Å². The number of hydrogen-bond donors (Lipinski definition) is 6. The van der Waals surface area contributed by atoms with Crippen LogP contribution < -0.4 is 21.4 Å². The van der Waals surface area contributed by atoms with Crippen molar-refractivity contribution in [2.45, 2.75) is 43.8 Å². The van der Waals surface area contributed by atoms with Gasteiger partial charge in [0.15, 0.2) is 24.1 Å². The van der Waals surface area contributed by atoms with Crippen molar-refractivity contribution in [1.82, 2.24) is 19.6 Å². The first-order valence-corrected chi connectivity index (χ1v) is 14.3. The number of hydrogen-bond acceptors (Lipinski definition) is 13. The number of carbonyl (C=O) groups excluding carboxylic acids is 3. The van der Waals surface area contributed by atoms with Gasteiger partial charge in [0.1, 0.15) is 17.1 Å². The van der Waals surface area contributed by atoms with Crippen LogP contribution in [-0.2, 0) is 41.8 Å². The molecule has 44 heavy (non-hydrogen) atoms. The Kier molecular flexibility index (Phi) is 8.86. The third-order valence-electron chi connectivity index (χ3n) is 6.37. The number of nitrogens with two attached hydrogens (primary N) is 2. The molecule has 1 saturated heterocycles. The summed E-state index contributed by atoms with van der Waals surface area (Å²) in [6.45, 7) is 2.33. The molecule has 2 aromatic heterocycles. The van der Waals surface area contributed by atoms with E-state index in [2.05, 4.69) is 19.8 Å². The van der Waals surface area contributed by atoms with Crippen molar-refractivity contribution in [3.63, 3.8) is 0 Å². The van der Waals surface area contributed by atoms with Crippen molar-refractivity contribution >= 4 is 69.8 Å². The highest BCUT2D eigenvalue weighted by atomic mass is 32.2. The van der Waals surface area contributed by atoms with Gasteiger partial charge in [0.05, 0.1) is 12.0 Å². The lowest BCUT2D eigenvalue weighted by atomic mass is 10.0. The van der Waals surface area contributed by atoms with Gasteiger partial charge in [-0.15, -0.1) is 11.8 Å². The van der Waals surface area contributed by atoms with E-state index in [-0.39, 0.29) is 40.1 Å². The molecule has 2 aliphatic rings. The number of nitrogen functional groups attached to an aromatic ring is 1. The number of nitrogens with zero attached hydrogens (tertiary/aromatic N) is 5. The quantitative estimate of drug-likeness (QED) is 0.0638. The van der Waals surface area contributed by atoms with E-state index in [9.17, 15) is 44.1 Å². The normalized spacial score (nSPS) is 18.3. The molecule has 0 saturated carbocycles. The van der Waals surface area contributed by atoms with Gasteiger partial charge in [0.2, 0.25) is 23.0 Å². The van der Waals surface area contributed by atoms with Crippen molar-refractivity contribution in [3.05, 3.63) is 46.7 Å². The molecule has 232 valence electrons. The Bertz CT molecular complexity index is 1650. The Labute approximate surface area is 255 Å². The molecule has 4 heterocycles. The maximum absolute atomic E-state index is 13.2. The Morgan fingerprint density at radius 1 is 1.25 bits per heavy atom. The molecule has 0 radical (unpaired) electrons. The van der Waals surface area contributed by atoms with Gasteiger partial charge in [-0.05, 0) is 13.8 Å². The monoisotopic (exact) mass is 649 g/mol. The Morgan fingerprint density at radius 2 is 1.95 bits per heavy atom. The van der Waals surface area contributed by atoms with Gasteiger partial charge in [-0.3, -0.25) is 24.1 Å². The summed E-state index contributed by atoms with van der Waals surface area (Å²) in [7, 11) is 0. The number of oxime groups is 1. The maximum atomic E-state index is 13.2. The van der Waals surface area contributed by atoms with E-state index in [1.165, 1.54) is 36.9 Å². The largest absolute Gasteiger partial charge is 0.481 e. The zero-order valence-electron chi connectivity index (χ0n) is 22.9. The third kappa shape index (κ3) is 6.44. The van der Waals surface area contributed by atoms with Crippen molar-refractivity contribution in [1.29, 1.82) is 0 Å². The van der Waals surface area contributed by atoms with Crippen LogP contribution in [0.2, 0.25) is 0 Å². The van der Waals surface area contributed by atoms with Crippen LogP contribution in [0.15, 0.2) is 34.9 Å². The fourth-order valence-electron chi connectivity index (χ4n) is 4.18. The second-order valence-corrected chi connectivity index (χ2v) is 11.8. The summed E-state index contributed by atoms with van der Waals surface area (Å²) in [5.74, 6) is -6.72. The van der Waals surface area contributed by atoms with Crippen LogP contribution >= 0.6 is 23.3 Å². The highest BCUT2D eigenvalue weighted by Crippen LogP contribution is 2.40. The van der Waals surface area contributed by atoms with E-state index in [1.54, 1.807) is 0 Å². The highest BCUT2D eigenvalue weighted by Gasteiger charge is 2.55. The van der Waals surface area contributed by atoms with E-state index < -0.39 is 64.8 Å². The SMILES string of the molecule is CC(C)(O/N=C(\C(=O)N[C@@H]1C(=O)N2C(C(=O)O)=C(C[n+]3ccc(C(N)=O)c(CC(=O)O)c3)CS[C@H]12)c1nsc(N)n1)C(=O)O. The molecular weight excluding hydrogens is 624 g/mol. The predicted octanol–water partition coefficient (Wildman–Crippen LogP) is -1.84. The molecule has 0 aromatic carbocycles. The van der Waals surface area contributed by atoms with Crippen LogP contribution in [0, 0.1) is 0 Å². The molecule has 0 spiro atoms. The summed E-state index contributed by atoms with van der Waals surface area (Å²) >= 11 is 1.90. The van der Waals surface area contributed by atoms with Crippen molar-refractivity contribution in [2.75, 3.05) is 11.5 Å². The fourth-order valence-corrected chi connectivity index (χ4v) is 5.95. The first-order valence-electron chi connectivity index (χ1n) is 12.4. The number of carboxylic acid groups (broad SMARTS) is 3. The lowest BCUT2D eigenvalue weighted by Gasteiger charge is -2.49. The van der Waals surface area contributed by atoms with Gasteiger partial charge in [-0.2, -0.15) is 9.36 Å². The van der Waals surface area contributed by atoms with Gasteiger partial charge >= 0.3 is 17.9 Å². The van der Waals surface area contributed by atoms with Crippen LogP contribution in [0.25, 0.3) is 0 Å². The molecule has 1 fully saturated rings. The van der Waals surface area contributed by atoms with E-state index in [0.29, 0.717) is 5.57 Å². The zero-order chi connectivity index (χ0) is 32.5. The van der Waals surface area contributed by atoms with Gasteiger partial charge < -0.3 is 36.9 Å². The van der Waals surface area contributed by atoms with Crippen molar-refractivity contribution < 1.29 is 53.5 Å². The summed E-state index contributed by atoms with van der Waals surface area (Å²) in [5, 5.41) is 33.8. The lowest BCUT2D eigenvalue weighted by molar-refractivity contribution is -0.689. The van der Waals surface area contributed by atoms with Crippen LogP contribution in [0.5, 0.6) is 0 Å². The zero-order valence-corrected chi connectivity index (χ0v) is 24.5. The summed E-state index contributed by atoms with van der Waals surface area (Å²) < 4.78 is 5.37. The van der Waals surface area contributed by atoms with Crippen LogP contribution in [0.1, 0.15) is 35.6 Å². The molecule has 4 rings (SSSR count). The number of pyridine rings is 1. The number of nitrogens with one attached hydrogen (secondary N) is 1. The highest BCUT2D eigenvalue weighted by molar-refractivity contribution is 8.00. The molecule has 2 aromatic rings. The number of fused-ring (bicyclic) bond motifs is 1. The Balaban J connectivity index is 1.57. The minimum atomic E-state index is -1.83. The summed E-state index contributed by atoms with van der Waals surface area (Å²) in [6, 6.07) is 0.133.